The fraction of sp³-hybridized carbons (Fsp3) is 0.312. The molecule has 0 radical (unpaired) electrons. The number of rotatable bonds is 9. The molecule has 0 bridgehead atoms. The Morgan fingerprint density at radius 3 is 2.05 bits per heavy atom. The third-order valence-corrected chi connectivity index (χ3v) is 8.45. The van der Waals surface area contributed by atoms with Gasteiger partial charge in [-0.25, -0.2) is 4.98 Å². The number of methoxy groups -OCH3 is 2. The molecule has 3 aromatic carbocycles. The first kappa shape index (κ1) is 26.9. The maximum absolute atomic E-state index is 13.2. The van der Waals surface area contributed by atoms with Gasteiger partial charge in [-0.3, -0.25) is 4.79 Å². The number of hydrogen-bond acceptors (Lipinski definition) is 5. The number of piperidine rings is 1. The zero-order valence-electron chi connectivity index (χ0n) is 22.8. The number of imidazole rings is 1. The van der Waals surface area contributed by atoms with Crippen molar-refractivity contribution in [3.05, 3.63) is 84.4 Å². The van der Waals surface area contributed by atoms with Gasteiger partial charge >= 0.3 is 0 Å². The van der Waals surface area contributed by atoms with Crippen molar-refractivity contribution in [2.75, 3.05) is 33.1 Å². The van der Waals surface area contributed by atoms with E-state index >= 15 is 0 Å². The molecule has 0 spiro atoms. The molecule has 1 aliphatic rings. The van der Waals surface area contributed by atoms with E-state index in [2.05, 4.69) is 34.9 Å². The predicted octanol–water partition coefficient (Wildman–Crippen LogP) is 6.34. The molecular formula is C32H35N3O3S. The summed E-state index contributed by atoms with van der Waals surface area (Å²) in [6.45, 7) is 1.65. The Labute approximate surface area is 235 Å². The molecule has 39 heavy (non-hydrogen) atoms. The van der Waals surface area contributed by atoms with Gasteiger partial charge in [-0.05, 0) is 79.3 Å². The summed E-state index contributed by atoms with van der Waals surface area (Å²) in [5.74, 6) is 2.79. The molecule has 7 heteroatoms. The maximum atomic E-state index is 13.2. The standard InChI is InChI=1S/C32H35N3O3S/c1-34-31(26-11-15-28(38-3)16-12-26)30(25-9-13-27(37-2)14-10-25)33-32(34)39-22-29(36)35-19-17-24(18-20-35)21-23-7-5-4-6-8-23/h4-16,24H,17-22H2,1-3H3. The minimum atomic E-state index is 0.179. The van der Waals surface area contributed by atoms with Gasteiger partial charge in [0.25, 0.3) is 0 Å². The van der Waals surface area contributed by atoms with Gasteiger partial charge in [-0.15, -0.1) is 0 Å². The Balaban J connectivity index is 1.29. The molecule has 0 N–H and O–H groups in total. The summed E-state index contributed by atoms with van der Waals surface area (Å²) in [6.07, 6.45) is 3.20. The van der Waals surface area contributed by atoms with Crippen LogP contribution in [0.1, 0.15) is 18.4 Å². The van der Waals surface area contributed by atoms with Gasteiger partial charge in [0.15, 0.2) is 5.16 Å². The molecule has 2 heterocycles. The molecule has 1 fully saturated rings. The van der Waals surface area contributed by atoms with E-state index in [9.17, 15) is 4.79 Å². The fourth-order valence-electron chi connectivity index (χ4n) is 5.19. The van der Waals surface area contributed by atoms with E-state index in [1.165, 1.54) is 17.3 Å². The molecule has 1 amide bonds. The van der Waals surface area contributed by atoms with E-state index in [1.807, 2.05) is 60.5 Å². The van der Waals surface area contributed by atoms with Crippen LogP contribution >= 0.6 is 11.8 Å². The Bertz CT molecular complexity index is 1380. The summed E-state index contributed by atoms with van der Waals surface area (Å²) in [6, 6.07) is 26.6. The van der Waals surface area contributed by atoms with Gasteiger partial charge in [-0.2, -0.15) is 0 Å². The van der Waals surface area contributed by atoms with E-state index in [-0.39, 0.29) is 5.91 Å². The molecule has 4 aromatic rings. The van der Waals surface area contributed by atoms with Gasteiger partial charge in [-0.1, -0.05) is 42.1 Å². The van der Waals surface area contributed by atoms with Crippen LogP contribution in [0, 0.1) is 5.92 Å². The van der Waals surface area contributed by atoms with E-state index in [0.29, 0.717) is 11.7 Å². The average molecular weight is 542 g/mol. The Kier molecular flexibility index (Phi) is 8.57. The molecule has 0 atom stereocenters. The van der Waals surface area contributed by atoms with Crippen molar-refractivity contribution in [1.29, 1.82) is 0 Å². The maximum Gasteiger partial charge on any atom is 0.233 e. The minimum Gasteiger partial charge on any atom is -0.497 e. The van der Waals surface area contributed by atoms with E-state index in [4.69, 9.17) is 14.5 Å². The number of ether oxygens (including phenoxy) is 2. The third kappa shape index (κ3) is 6.31. The second kappa shape index (κ2) is 12.4. The lowest BCUT2D eigenvalue weighted by molar-refractivity contribution is -0.129. The van der Waals surface area contributed by atoms with Crippen molar-refractivity contribution in [3.63, 3.8) is 0 Å². The monoisotopic (exact) mass is 541 g/mol. The van der Waals surface area contributed by atoms with Gasteiger partial charge in [0.05, 0.1) is 31.4 Å². The number of aromatic nitrogens is 2. The smallest absolute Gasteiger partial charge is 0.233 e. The van der Waals surface area contributed by atoms with Crippen LogP contribution in [0.25, 0.3) is 22.5 Å². The lowest BCUT2D eigenvalue weighted by atomic mass is 9.90. The van der Waals surface area contributed by atoms with Crippen molar-refractivity contribution in [1.82, 2.24) is 14.5 Å². The van der Waals surface area contributed by atoms with E-state index in [0.717, 1.165) is 71.5 Å². The molecule has 0 unspecified atom stereocenters. The second-order valence-electron chi connectivity index (χ2n) is 9.91. The molecule has 1 aromatic heterocycles. The van der Waals surface area contributed by atoms with Gasteiger partial charge in [0.1, 0.15) is 11.5 Å². The predicted molar refractivity (Wildman–Crippen MR) is 157 cm³/mol. The Morgan fingerprint density at radius 2 is 1.46 bits per heavy atom. The Hall–Kier alpha value is -3.71. The number of nitrogens with zero attached hydrogens (tertiary/aromatic N) is 3. The summed E-state index contributed by atoms with van der Waals surface area (Å²) in [5, 5.41) is 0.818. The number of thioether (sulfide) groups is 1. The van der Waals surface area contributed by atoms with Crippen molar-refractivity contribution < 1.29 is 14.3 Å². The number of hydrogen-bond donors (Lipinski definition) is 0. The summed E-state index contributed by atoms with van der Waals surface area (Å²) in [7, 11) is 5.34. The van der Waals surface area contributed by atoms with Crippen molar-refractivity contribution >= 4 is 17.7 Å². The van der Waals surface area contributed by atoms with Gasteiger partial charge < -0.3 is 18.9 Å². The molecule has 1 aliphatic heterocycles. The highest BCUT2D eigenvalue weighted by Crippen LogP contribution is 2.36. The zero-order chi connectivity index (χ0) is 27.2. The molecule has 6 nitrogen and oxygen atoms in total. The summed E-state index contributed by atoms with van der Waals surface area (Å²) in [5.41, 5.74) is 5.29. The summed E-state index contributed by atoms with van der Waals surface area (Å²) < 4.78 is 12.8. The quantitative estimate of drug-likeness (QED) is 0.231. The minimum absolute atomic E-state index is 0.179. The SMILES string of the molecule is COc1ccc(-c2nc(SCC(=O)N3CCC(Cc4ccccc4)CC3)n(C)c2-c2ccc(OC)cc2)cc1. The number of likely N-dealkylation sites (tertiary alicyclic amines) is 1. The third-order valence-electron chi connectivity index (χ3n) is 7.44. The first-order chi connectivity index (χ1) is 19.1. The summed E-state index contributed by atoms with van der Waals surface area (Å²) in [4.78, 5) is 20.2. The van der Waals surface area contributed by atoms with Crippen molar-refractivity contribution in [3.8, 4) is 34.0 Å². The summed E-state index contributed by atoms with van der Waals surface area (Å²) >= 11 is 1.50. The average Bonchev–Trinajstić information content (AvgIpc) is 3.32. The van der Waals surface area contributed by atoms with Crippen LogP contribution in [-0.4, -0.2) is 53.4 Å². The van der Waals surface area contributed by atoms with Crippen LogP contribution in [0.2, 0.25) is 0 Å². The molecule has 0 aliphatic carbocycles. The molecular weight excluding hydrogens is 506 g/mol. The lowest BCUT2D eigenvalue weighted by Gasteiger charge is -2.32. The number of benzene rings is 3. The van der Waals surface area contributed by atoms with E-state index < -0.39 is 0 Å². The first-order valence-corrected chi connectivity index (χ1v) is 14.3. The van der Waals surface area contributed by atoms with Crippen LogP contribution in [0.15, 0.2) is 84.0 Å². The highest BCUT2D eigenvalue weighted by Gasteiger charge is 2.24. The second-order valence-corrected chi connectivity index (χ2v) is 10.9. The number of carbonyl (C=O) groups excluding carboxylic acids is 1. The first-order valence-electron chi connectivity index (χ1n) is 13.4. The largest absolute Gasteiger partial charge is 0.497 e. The number of carbonyl (C=O) groups is 1. The Morgan fingerprint density at radius 1 is 0.872 bits per heavy atom. The van der Waals surface area contributed by atoms with Crippen LogP contribution < -0.4 is 9.47 Å². The van der Waals surface area contributed by atoms with Crippen LogP contribution in [-0.2, 0) is 18.3 Å². The normalized spacial score (nSPS) is 13.9. The van der Waals surface area contributed by atoms with Crippen LogP contribution in [0.3, 0.4) is 0 Å². The highest BCUT2D eigenvalue weighted by atomic mass is 32.2. The topological polar surface area (TPSA) is 56.6 Å². The molecule has 0 saturated carbocycles. The van der Waals surface area contributed by atoms with Crippen LogP contribution in [0.5, 0.6) is 11.5 Å². The molecule has 5 rings (SSSR count). The van der Waals surface area contributed by atoms with Crippen molar-refractivity contribution in [2.45, 2.75) is 24.4 Å². The van der Waals surface area contributed by atoms with Crippen molar-refractivity contribution in [2.24, 2.45) is 13.0 Å². The molecule has 1 saturated heterocycles. The fourth-order valence-corrected chi connectivity index (χ4v) is 6.06. The number of amides is 1. The van der Waals surface area contributed by atoms with Crippen LogP contribution in [0.4, 0.5) is 0 Å². The highest BCUT2D eigenvalue weighted by molar-refractivity contribution is 7.99. The molecule has 202 valence electrons. The van der Waals surface area contributed by atoms with Gasteiger partial charge in [0, 0.05) is 31.3 Å². The van der Waals surface area contributed by atoms with E-state index in [1.54, 1.807) is 14.2 Å². The van der Waals surface area contributed by atoms with Gasteiger partial charge in [0.2, 0.25) is 5.91 Å². The lowest BCUT2D eigenvalue weighted by Crippen LogP contribution is -2.39. The zero-order valence-corrected chi connectivity index (χ0v) is 23.6.